The lowest BCUT2D eigenvalue weighted by molar-refractivity contribution is -0.116. The van der Waals surface area contributed by atoms with Crippen LogP contribution in [0.1, 0.15) is 11.4 Å². The van der Waals surface area contributed by atoms with Gasteiger partial charge in [0.05, 0.1) is 22.6 Å². The second-order valence-electron chi connectivity index (χ2n) is 4.35. The summed E-state index contributed by atoms with van der Waals surface area (Å²) in [6.45, 7) is 3.91. The second-order valence-corrected chi connectivity index (χ2v) is 4.71. The fourth-order valence-corrected chi connectivity index (χ4v) is 2.50. The van der Waals surface area contributed by atoms with E-state index >= 15 is 0 Å². The average Bonchev–Trinajstić information content (AvgIpc) is 2.52. The highest BCUT2D eigenvalue weighted by molar-refractivity contribution is 6.33. The molecular weight excluding hydrogens is 252 g/mol. The third-order valence-corrected chi connectivity index (χ3v) is 3.10. The van der Waals surface area contributed by atoms with Crippen LogP contribution in [-0.2, 0) is 11.3 Å². The van der Waals surface area contributed by atoms with Crippen LogP contribution < -0.4 is 5.32 Å². The first-order valence-corrected chi connectivity index (χ1v) is 5.94. The number of anilines is 1. The van der Waals surface area contributed by atoms with Crippen LogP contribution in [0.2, 0.25) is 5.15 Å². The number of pyridine rings is 1. The molecule has 1 N–H and O–H groups in total. The average molecular weight is 263 g/mol. The Morgan fingerprint density at radius 3 is 2.89 bits per heavy atom. The number of aromatic nitrogens is 3. The smallest absolute Gasteiger partial charge is 0.246 e. The number of aryl methyl sites for hydroxylation is 2. The molecule has 0 unspecified atom stereocenters. The molecule has 18 heavy (non-hydrogen) atoms. The molecule has 3 rings (SSSR count). The van der Waals surface area contributed by atoms with Crippen LogP contribution in [0.25, 0.3) is 11.3 Å². The SMILES string of the molecule is Cc1cc2c(c(Cl)n1)-c1cc(C)nn1CC(=O)N2. The van der Waals surface area contributed by atoms with Gasteiger partial charge in [0.15, 0.2) is 0 Å². The predicted molar refractivity (Wildman–Crippen MR) is 68.6 cm³/mol. The molecule has 5 nitrogen and oxygen atoms in total. The first-order valence-electron chi connectivity index (χ1n) is 5.56. The molecular formula is C12H11ClN4O. The monoisotopic (exact) mass is 262 g/mol. The van der Waals surface area contributed by atoms with E-state index in [1.807, 2.05) is 26.0 Å². The minimum atomic E-state index is -0.111. The molecule has 1 amide bonds. The Morgan fingerprint density at radius 2 is 2.11 bits per heavy atom. The van der Waals surface area contributed by atoms with Crippen LogP contribution in [0.15, 0.2) is 12.1 Å². The van der Waals surface area contributed by atoms with E-state index < -0.39 is 0 Å². The van der Waals surface area contributed by atoms with Crippen molar-refractivity contribution in [1.82, 2.24) is 14.8 Å². The molecule has 6 heteroatoms. The molecule has 0 aromatic carbocycles. The summed E-state index contributed by atoms with van der Waals surface area (Å²) in [6.07, 6.45) is 0. The normalized spacial score (nSPS) is 13.6. The highest BCUT2D eigenvalue weighted by Gasteiger charge is 2.23. The summed E-state index contributed by atoms with van der Waals surface area (Å²) < 4.78 is 1.65. The topological polar surface area (TPSA) is 59.8 Å². The Morgan fingerprint density at radius 1 is 1.33 bits per heavy atom. The van der Waals surface area contributed by atoms with Gasteiger partial charge in [0, 0.05) is 5.69 Å². The van der Waals surface area contributed by atoms with Gasteiger partial charge in [-0.25, -0.2) is 4.98 Å². The molecule has 0 bridgehead atoms. The fourth-order valence-electron chi connectivity index (χ4n) is 2.17. The van der Waals surface area contributed by atoms with Crippen molar-refractivity contribution in [3.8, 4) is 11.3 Å². The van der Waals surface area contributed by atoms with Gasteiger partial charge in [-0.2, -0.15) is 5.10 Å². The Labute approximate surface area is 109 Å². The Balaban J connectivity index is 2.34. The zero-order valence-corrected chi connectivity index (χ0v) is 10.7. The molecule has 0 radical (unpaired) electrons. The molecule has 92 valence electrons. The molecule has 2 aromatic heterocycles. The van der Waals surface area contributed by atoms with Gasteiger partial charge >= 0.3 is 0 Å². The largest absolute Gasteiger partial charge is 0.324 e. The molecule has 1 aliphatic heterocycles. The van der Waals surface area contributed by atoms with E-state index in [9.17, 15) is 4.79 Å². The van der Waals surface area contributed by atoms with Crippen molar-refractivity contribution in [3.05, 3.63) is 28.7 Å². The predicted octanol–water partition coefficient (Wildman–Crippen LogP) is 2.17. The van der Waals surface area contributed by atoms with E-state index in [0.717, 1.165) is 22.6 Å². The van der Waals surface area contributed by atoms with Gasteiger partial charge in [-0.15, -0.1) is 0 Å². The van der Waals surface area contributed by atoms with Gasteiger partial charge in [0.1, 0.15) is 11.7 Å². The first-order chi connectivity index (χ1) is 8.54. The molecule has 0 saturated carbocycles. The number of halogens is 1. The van der Waals surface area contributed by atoms with E-state index in [0.29, 0.717) is 10.8 Å². The number of carbonyl (C=O) groups is 1. The van der Waals surface area contributed by atoms with Gasteiger partial charge in [-0.3, -0.25) is 9.48 Å². The van der Waals surface area contributed by atoms with Crippen LogP contribution in [0, 0.1) is 13.8 Å². The van der Waals surface area contributed by atoms with E-state index in [1.165, 1.54) is 0 Å². The molecule has 0 saturated heterocycles. The maximum Gasteiger partial charge on any atom is 0.246 e. The minimum Gasteiger partial charge on any atom is -0.324 e. The lowest BCUT2D eigenvalue weighted by Crippen LogP contribution is -2.17. The van der Waals surface area contributed by atoms with Crippen LogP contribution in [0.5, 0.6) is 0 Å². The number of nitrogens with one attached hydrogen (secondary N) is 1. The highest BCUT2D eigenvalue weighted by Crippen LogP contribution is 2.36. The van der Waals surface area contributed by atoms with Gasteiger partial charge in [0.25, 0.3) is 0 Å². The third kappa shape index (κ3) is 1.67. The maximum absolute atomic E-state index is 11.8. The van der Waals surface area contributed by atoms with Crippen molar-refractivity contribution in [2.45, 2.75) is 20.4 Å². The number of hydrogen-bond acceptors (Lipinski definition) is 3. The van der Waals surface area contributed by atoms with Gasteiger partial charge in [0.2, 0.25) is 5.91 Å². The van der Waals surface area contributed by atoms with Gasteiger partial charge in [-0.05, 0) is 26.0 Å². The lowest BCUT2D eigenvalue weighted by atomic mass is 10.1. The standard InChI is InChI=1S/C12H11ClN4O/c1-6-3-8-11(12(13)14-6)9-4-7(2)16-17(9)5-10(18)15-8/h3-4H,5H2,1-2H3,(H,15,18). The van der Waals surface area contributed by atoms with Gasteiger partial charge < -0.3 is 5.32 Å². The maximum atomic E-state index is 11.8. The van der Waals surface area contributed by atoms with Crippen LogP contribution >= 0.6 is 11.6 Å². The summed E-state index contributed by atoms with van der Waals surface area (Å²) in [5.41, 5.74) is 3.86. The van der Waals surface area contributed by atoms with E-state index in [4.69, 9.17) is 11.6 Å². The summed E-state index contributed by atoms with van der Waals surface area (Å²) in [6, 6.07) is 3.72. The number of nitrogens with zero attached hydrogens (tertiary/aromatic N) is 3. The van der Waals surface area contributed by atoms with Crippen molar-refractivity contribution < 1.29 is 4.79 Å². The third-order valence-electron chi connectivity index (χ3n) is 2.83. The number of carbonyl (C=O) groups excluding carboxylic acids is 1. The second kappa shape index (κ2) is 3.81. The molecule has 0 atom stereocenters. The Bertz CT molecular complexity index is 662. The summed E-state index contributed by atoms with van der Waals surface area (Å²) in [7, 11) is 0. The van der Waals surface area contributed by atoms with Gasteiger partial charge in [-0.1, -0.05) is 11.6 Å². The molecule has 1 aliphatic rings. The summed E-state index contributed by atoms with van der Waals surface area (Å²) >= 11 is 6.20. The molecule has 0 spiro atoms. The zero-order valence-electron chi connectivity index (χ0n) is 9.99. The minimum absolute atomic E-state index is 0.111. The van der Waals surface area contributed by atoms with Crippen LogP contribution in [0.3, 0.4) is 0 Å². The lowest BCUT2D eigenvalue weighted by Gasteiger charge is -2.08. The van der Waals surface area contributed by atoms with Crippen molar-refractivity contribution in [2.24, 2.45) is 0 Å². The van der Waals surface area contributed by atoms with Crippen molar-refractivity contribution in [1.29, 1.82) is 0 Å². The summed E-state index contributed by atoms with van der Waals surface area (Å²) in [5.74, 6) is -0.111. The van der Waals surface area contributed by atoms with Crippen LogP contribution in [0.4, 0.5) is 5.69 Å². The quantitative estimate of drug-likeness (QED) is 0.740. The highest BCUT2D eigenvalue weighted by atomic mass is 35.5. The number of amides is 1. The van der Waals surface area contributed by atoms with E-state index in [1.54, 1.807) is 4.68 Å². The van der Waals surface area contributed by atoms with Crippen molar-refractivity contribution in [3.63, 3.8) is 0 Å². The van der Waals surface area contributed by atoms with Crippen molar-refractivity contribution >= 4 is 23.2 Å². The molecule has 3 heterocycles. The zero-order chi connectivity index (χ0) is 12.9. The first kappa shape index (κ1) is 11.2. The Kier molecular flexibility index (Phi) is 2.38. The van der Waals surface area contributed by atoms with E-state index in [-0.39, 0.29) is 12.5 Å². The summed E-state index contributed by atoms with van der Waals surface area (Å²) in [4.78, 5) is 16.0. The van der Waals surface area contributed by atoms with Crippen molar-refractivity contribution in [2.75, 3.05) is 5.32 Å². The van der Waals surface area contributed by atoms with Crippen LogP contribution in [-0.4, -0.2) is 20.7 Å². The summed E-state index contributed by atoms with van der Waals surface area (Å²) in [5, 5.41) is 7.51. The van der Waals surface area contributed by atoms with E-state index in [2.05, 4.69) is 15.4 Å². The molecule has 0 fully saturated rings. The number of fused-ring (bicyclic) bond motifs is 3. The fraction of sp³-hybridized carbons (Fsp3) is 0.250. The number of rotatable bonds is 0. The molecule has 0 aliphatic carbocycles. The molecule has 2 aromatic rings. The number of hydrogen-bond donors (Lipinski definition) is 1. The Hall–Kier alpha value is -1.88.